The molecule has 1 aromatic rings. The second-order valence-electron chi connectivity index (χ2n) is 5.97. The fourth-order valence-corrected chi connectivity index (χ4v) is 2.76. The molecule has 2 rings (SSSR count). The van der Waals surface area contributed by atoms with Crippen LogP contribution in [-0.2, 0) is 6.54 Å². The van der Waals surface area contributed by atoms with E-state index in [0.29, 0.717) is 13.1 Å². The maximum atomic E-state index is 11.0. The molecule has 0 unspecified atom stereocenters. The highest BCUT2D eigenvalue weighted by Gasteiger charge is 2.34. The standard InChI is InChI=1S/C16H24N2O3/c1-16(8-10-18(11-9-16)15(19)20)17(2)12-13-4-6-14(21-3)7-5-13/h4-7H,8-12H2,1-3H3,(H,19,20). The number of carboxylic acid groups (broad SMARTS) is 1. The van der Waals surface area contributed by atoms with Gasteiger partial charge in [-0.25, -0.2) is 4.79 Å². The van der Waals surface area contributed by atoms with Gasteiger partial charge in [0.15, 0.2) is 0 Å². The highest BCUT2D eigenvalue weighted by molar-refractivity contribution is 5.65. The van der Waals surface area contributed by atoms with E-state index in [1.165, 1.54) is 10.5 Å². The van der Waals surface area contributed by atoms with Crippen molar-refractivity contribution in [2.75, 3.05) is 27.2 Å². The zero-order valence-electron chi connectivity index (χ0n) is 13.0. The smallest absolute Gasteiger partial charge is 0.407 e. The Labute approximate surface area is 126 Å². The summed E-state index contributed by atoms with van der Waals surface area (Å²) >= 11 is 0. The summed E-state index contributed by atoms with van der Waals surface area (Å²) in [5.41, 5.74) is 1.28. The third-order valence-electron chi connectivity index (χ3n) is 4.61. The minimum absolute atomic E-state index is 0.0475. The fraction of sp³-hybridized carbons (Fsp3) is 0.562. The van der Waals surface area contributed by atoms with Gasteiger partial charge in [0.05, 0.1) is 7.11 Å². The predicted molar refractivity (Wildman–Crippen MR) is 81.7 cm³/mol. The maximum absolute atomic E-state index is 11.0. The molecule has 116 valence electrons. The molecule has 1 aliphatic heterocycles. The van der Waals surface area contributed by atoms with Crippen molar-refractivity contribution in [3.05, 3.63) is 29.8 Å². The average molecular weight is 292 g/mol. The fourth-order valence-electron chi connectivity index (χ4n) is 2.76. The van der Waals surface area contributed by atoms with Gasteiger partial charge in [-0.15, -0.1) is 0 Å². The van der Waals surface area contributed by atoms with Crippen LogP contribution in [0.3, 0.4) is 0 Å². The number of benzene rings is 1. The first-order valence-electron chi connectivity index (χ1n) is 7.27. The molecule has 0 bridgehead atoms. The van der Waals surface area contributed by atoms with Crippen LogP contribution in [0.5, 0.6) is 5.75 Å². The molecular weight excluding hydrogens is 268 g/mol. The average Bonchev–Trinajstić information content (AvgIpc) is 2.48. The molecule has 0 atom stereocenters. The second-order valence-corrected chi connectivity index (χ2v) is 5.97. The first kappa shape index (κ1) is 15.6. The first-order valence-corrected chi connectivity index (χ1v) is 7.27. The van der Waals surface area contributed by atoms with Gasteiger partial charge in [0.2, 0.25) is 0 Å². The monoisotopic (exact) mass is 292 g/mol. The molecular formula is C16H24N2O3. The van der Waals surface area contributed by atoms with E-state index >= 15 is 0 Å². The van der Waals surface area contributed by atoms with Crippen LogP contribution in [0.15, 0.2) is 24.3 Å². The summed E-state index contributed by atoms with van der Waals surface area (Å²) < 4.78 is 5.17. The van der Waals surface area contributed by atoms with Crippen LogP contribution in [0.2, 0.25) is 0 Å². The van der Waals surface area contributed by atoms with Crippen molar-refractivity contribution in [2.24, 2.45) is 0 Å². The zero-order valence-corrected chi connectivity index (χ0v) is 13.0. The summed E-state index contributed by atoms with van der Waals surface area (Å²) in [4.78, 5) is 14.8. The number of methoxy groups -OCH3 is 1. The molecule has 0 saturated carbocycles. The van der Waals surface area contributed by atoms with Crippen LogP contribution in [0, 0.1) is 0 Å². The van der Waals surface area contributed by atoms with Gasteiger partial charge >= 0.3 is 6.09 Å². The molecule has 0 aromatic heterocycles. The summed E-state index contributed by atoms with van der Waals surface area (Å²) in [6.07, 6.45) is 0.924. The lowest BCUT2D eigenvalue weighted by molar-refractivity contribution is 0.0480. The van der Waals surface area contributed by atoms with E-state index in [1.807, 2.05) is 12.1 Å². The Morgan fingerprint density at radius 3 is 2.38 bits per heavy atom. The summed E-state index contributed by atoms with van der Waals surface area (Å²) in [7, 11) is 3.78. The number of nitrogens with zero attached hydrogens (tertiary/aromatic N) is 2. The second kappa shape index (κ2) is 6.35. The van der Waals surface area contributed by atoms with Gasteiger partial charge in [0.1, 0.15) is 5.75 Å². The van der Waals surface area contributed by atoms with Crippen LogP contribution < -0.4 is 4.74 Å². The van der Waals surface area contributed by atoms with E-state index in [0.717, 1.165) is 25.1 Å². The molecule has 0 radical (unpaired) electrons. The number of amides is 1. The molecule has 1 aromatic carbocycles. The van der Waals surface area contributed by atoms with Crippen LogP contribution in [0.1, 0.15) is 25.3 Å². The lowest BCUT2D eigenvalue weighted by atomic mass is 9.88. The van der Waals surface area contributed by atoms with Crippen molar-refractivity contribution in [1.29, 1.82) is 0 Å². The first-order chi connectivity index (χ1) is 9.94. The minimum atomic E-state index is -0.810. The Hall–Kier alpha value is -1.75. The Kier molecular flexibility index (Phi) is 4.73. The summed E-state index contributed by atoms with van der Waals surface area (Å²) in [6.45, 7) is 4.29. The van der Waals surface area contributed by atoms with Gasteiger partial charge < -0.3 is 14.7 Å². The van der Waals surface area contributed by atoms with E-state index in [2.05, 4.69) is 31.0 Å². The normalized spacial score (nSPS) is 17.8. The highest BCUT2D eigenvalue weighted by atomic mass is 16.5. The summed E-state index contributed by atoms with van der Waals surface area (Å²) in [5.74, 6) is 0.863. The summed E-state index contributed by atoms with van der Waals surface area (Å²) in [5, 5.41) is 9.03. The molecule has 5 heteroatoms. The predicted octanol–water partition coefficient (Wildman–Crippen LogP) is 2.66. The van der Waals surface area contributed by atoms with Crippen molar-refractivity contribution in [3.8, 4) is 5.75 Å². The number of rotatable bonds is 4. The van der Waals surface area contributed by atoms with Crippen molar-refractivity contribution in [2.45, 2.75) is 31.8 Å². The molecule has 1 N–H and O–H groups in total. The van der Waals surface area contributed by atoms with Crippen molar-refractivity contribution in [1.82, 2.24) is 9.80 Å². The van der Waals surface area contributed by atoms with E-state index < -0.39 is 6.09 Å². The van der Waals surface area contributed by atoms with Gasteiger partial charge in [-0.3, -0.25) is 4.90 Å². The molecule has 1 fully saturated rings. The summed E-state index contributed by atoms with van der Waals surface area (Å²) in [6, 6.07) is 8.09. The molecule has 1 aliphatic rings. The zero-order chi connectivity index (χ0) is 15.5. The third-order valence-corrected chi connectivity index (χ3v) is 4.61. The maximum Gasteiger partial charge on any atom is 0.407 e. The number of carbonyl (C=O) groups is 1. The number of hydrogen-bond acceptors (Lipinski definition) is 3. The van der Waals surface area contributed by atoms with Crippen molar-refractivity contribution < 1.29 is 14.6 Å². The molecule has 1 saturated heterocycles. The molecule has 0 spiro atoms. The van der Waals surface area contributed by atoms with E-state index in [9.17, 15) is 4.79 Å². The Bertz CT molecular complexity index is 479. The third kappa shape index (κ3) is 3.67. The number of hydrogen-bond donors (Lipinski definition) is 1. The molecule has 5 nitrogen and oxygen atoms in total. The van der Waals surface area contributed by atoms with E-state index in [-0.39, 0.29) is 5.54 Å². The van der Waals surface area contributed by atoms with Crippen LogP contribution >= 0.6 is 0 Å². The van der Waals surface area contributed by atoms with Gasteiger partial charge in [-0.1, -0.05) is 12.1 Å². The molecule has 1 amide bonds. The molecule has 0 aliphatic carbocycles. The lowest BCUT2D eigenvalue weighted by Crippen LogP contribution is -2.52. The van der Waals surface area contributed by atoms with Crippen LogP contribution in [-0.4, -0.2) is 53.8 Å². The highest BCUT2D eigenvalue weighted by Crippen LogP contribution is 2.29. The van der Waals surface area contributed by atoms with Gasteiger partial charge in [-0.2, -0.15) is 0 Å². The minimum Gasteiger partial charge on any atom is -0.497 e. The van der Waals surface area contributed by atoms with Crippen LogP contribution in [0.25, 0.3) is 0 Å². The molecule has 1 heterocycles. The largest absolute Gasteiger partial charge is 0.497 e. The lowest BCUT2D eigenvalue weighted by Gasteiger charge is -2.44. The van der Waals surface area contributed by atoms with Gasteiger partial charge in [0, 0.05) is 25.2 Å². The van der Waals surface area contributed by atoms with Gasteiger partial charge in [-0.05, 0) is 44.5 Å². The Morgan fingerprint density at radius 2 is 1.90 bits per heavy atom. The number of ether oxygens (including phenoxy) is 1. The van der Waals surface area contributed by atoms with E-state index in [1.54, 1.807) is 7.11 Å². The van der Waals surface area contributed by atoms with Crippen molar-refractivity contribution >= 4 is 6.09 Å². The number of likely N-dealkylation sites (tertiary alicyclic amines) is 1. The number of piperidine rings is 1. The topological polar surface area (TPSA) is 53.0 Å². The quantitative estimate of drug-likeness (QED) is 0.927. The Morgan fingerprint density at radius 1 is 1.33 bits per heavy atom. The SMILES string of the molecule is COc1ccc(CN(C)C2(C)CCN(C(=O)O)CC2)cc1. The van der Waals surface area contributed by atoms with Crippen molar-refractivity contribution in [3.63, 3.8) is 0 Å². The Balaban J connectivity index is 1.95. The van der Waals surface area contributed by atoms with Crippen LogP contribution in [0.4, 0.5) is 4.79 Å². The van der Waals surface area contributed by atoms with Gasteiger partial charge in [0.25, 0.3) is 0 Å². The molecule has 21 heavy (non-hydrogen) atoms. The van der Waals surface area contributed by atoms with E-state index in [4.69, 9.17) is 9.84 Å².